The molecule has 3 aromatic rings. The molecule has 14 heteroatoms. The van der Waals surface area contributed by atoms with Gasteiger partial charge in [0.05, 0.1) is 17.8 Å². The molecule has 1 aromatic heterocycles. The van der Waals surface area contributed by atoms with Crippen LogP contribution in [0, 0.1) is 11.6 Å². The summed E-state index contributed by atoms with van der Waals surface area (Å²) in [6.07, 6.45) is -4.92. The van der Waals surface area contributed by atoms with Crippen LogP contribution in [0.25, 0.3) is 0 Å². The lowest BCUT2D eigenvalue weighted by molar-refractivity contribution is -0.137. The fraction of sp³-hybridized carbons (Fsp3) is 0.333. The number of Topliss-reactive ketones (excluding diaryl/α,β-unsaturated/α-hetero) is 1. The molecule has 2 aromatic carbocycles. The second kappa shape index (κ2) is 12.8. The molecule has 0 unspecified atom stereocenters. The monoisotopic (exact) mass is 599 g/mol. The number of benzene rings is 2. The Bertz CT molecular complexity index is 1470. The van der Waals surface area contributed by atoms with E-state index in [1.807, 2.05) is 4.90 Å². The summed E-state index contributed by atoms with van der Waals surface area (Å²) in [6, 6.07) is 4.87. The van der Waals surface area contributed by atoms with Crippen LogP contribution in [0.1, 0.15) is 57.6 Å². The maximum Gasteiger partial charge on any atom is 0.416 e. The summed E-state index contributed by atoms with van der Waals surface area (Å²) in [5, 5.41) is 5.12. The van der Waals surface area contributed by atoms with Crippen molar-refractivity contribution in [3.05, 3.63) is 81.3 Å². The van der Waals surface area contributed by atoms with E-state index < -0.39 is 52.5 Å². The summed E-state index contributed by atoms with van der Waals surface area (Å²) in [5.74, 6) is -5.70. The molecule has 41 heavy (non-hydrogen) atoms. The van der Waals surface area contributed by atoms with Crippen LogP contribution < -0.4 is 10.6 Å². The summed E-state index contributed by atoms with van der Waals surface area (Å²) in [6.45, 7) is 3.09. The lowest BCUT2D eigenvalue weighted by Crippen LogP contribution is -2.33. The summed E-state index contributed by atoms with van der Waals surface area (Å²) in [5.41, 5.74) is -1.79. The van der Waals surface area contributed by atoms with Crippen LogP contribution in [0.5, 0.6) is 0 Å². The second-order valence-electron chi connectivity index (χ2n) is 9.58. The van der Waals surface area contributed by atoms with Gasteiger partial charge >= 0.3 is 6.18 Å². The number of imidazole rings is 1. The van der Waals surface area contributed by atoms with Gasteiger partial charge in [0.2, 0.25) is 5.82 Å². The highest BCUT2D eigenvalue weighted by Gasteiger charge is 2.33. The third-order valence-corrected chi connectivity index (χ3v) is 6.33. The molecular weight excluding hydrogens is 573 g/mol. The number of alkyl halides is 3. The predicted octanol–water partition coefficient (Wildman–Crippen LogP) is 5.12. The first-order chi connectivity index (χ1) is 19.1. The number of carbonyl (C=O) groups excluding carboxylic acids is 3. The molecule has 1 heterocycles. The minimum Gasteiger partial charge on any atom is -0.348 e. The van der Waals surface area contributed by atoms with Gasteiger partial charge < -0.3 is 20.1 Å². The van der Waals surface area contributed by atoms with Crippen molar-refractivity contribution in [3.8, 4) is 0 Å². The number of anilines is 1. The third kappa shape index (κ3) is 7.88. The van der Waals surface area contributed by atoms with Crippen molar-refractivity contribution in [1.29, 1.82) is 0 Å². The van der Waals surface area contributed by atoms with Gasteiger partial charge in [0.25, 0.3) is 11.8 Å². The van der Waals surface area contributed by atoms with Crippen molar-refractivity contribution >= 4 is 35.0 Å². The number of halogens is 6. The summed E-state index contributed by atoms with van der Waals surface area (Å²) in [7, 11) is 3.57. The molecule has 0 radical (unpaired) electrons. The van der Waals surface area contributed by atoms with E-state index in [2.05, 4.69) is 15.6 Å². The molecule has 0 saturated carbocycles. The maximum atomic E-state index is 14.2. The molecule has 1 atom stereocenters. The fourth-order valence-electron chi connectivity index (χ4n) is 4.08. The Hall–Kier alpha value is -3.84. The van der Waals surface area contributed by atoms with Gasteiger partial charge in [-0.2, -0.15) is 13.2 Å². The molecule has 0 fully saturated rings. The first kappa shape index (κ1) is 31.7. The zero-order valence-electron chi connectivity index (χ0n) is 22.5. The number of hydrogen-bond donors (Lipinski definition) is 2. The molecule has 0 aliphatic carbocycles. The standard InChI is InChI=1S/C27H27ClF5N5O3/c1-14(39)13-38-22(15(2)20-12-18(29)5-6-21(20)28)23(35-24(38)26(41)34-7-8-37(3)4)36-25(40)16-9-17(27(31,32)33)11-19(30)10-16/h5-6,9-12,15H,7-8,13H2,1-4H3,(H,34,41)(H,36,40)/t15-/m0/s1. The lowest BCUT2D eigenvalue weighted by Gasteiger charge is -2.19. The van der Waals surface area contributed by atoms with Gasteiger partial charge in [0, 0.05) is 29.6 Å². The molecule has 0 saturated heterocycles. The Labute approximate surface area is 237 Å². The van der Waals surface area contributed by atoms with E-state index in [9.17, 15) is 36.3 Å². The molecule has 220 valence electrons. The predicted molar refractivity (Wildman–Crippen MR) is 142 cm³/mol. The summed E-state index contributed by atoms with van der Waals surface area (Å²) >= 11 is 6.32. The number of nitrogens with one attached hydrogen (secondary N) is 2. The molecule has 0 aliphatic rings. The number of nitrogens with zero attached hydrogens (tertiary/aromatic N) is 3. The average Bonchev–Trinajstić information content (AvgIpc) is 3.20. The van der Waals surface area contributed by atoms with Gasteiger partial charge in [-0.15, -0.1) is 0 Å². The van der Waals surface area contributed by atoms with E-state index in [-0.39, 0.29) is 47.1 Å². The number of rotatable bonds is 10. The van der Waals surface area contributed by atoms with Crippen LogP contribution in [-0.4, -0.2) is 59.2 Å². The number of amides is 2. The zero-order chi connectivity index (χ0) is 30.6. The minimum atomic E-state index is -4.92. The number of carbonyl (C=O) groups is 3. The maximum absolute atomic E-state index is 14.2. The molecule has 2 N–H and O–H groups in total. The first-order valence-electron chi connectivity index (χ1n) is 12.2. The van der Waals surface area contributed by atoms with E-state index in [1.165, 1.54) is 17.6 Å². The van der Waals surface area contributed by atoms with E-state index in [0.29, 0.717) is 18.7 Å². The van der Waals surface area contributed by atoms with Gasteiger partial charge in [-0.25, -0.2) is 13.8 Å². The smallest absolute Gasteiger partial charge is 0.348 e. The van der Waals surface area contributed by atoms with Gasteiger partial charge in [-0.1, -0.05) is 18.5 Å². The van der Waals surface area contributed by atoms with Crippen LogP contribution in [0.15, 0.2) is 36.4 Å². The van der Waals surface area contributed by atoms with Crippen molar-refractivity contribution in [2.45, 2.75) is 32.5 Å². The van der Waals surface area contributed by atoms with Crippen LogP contribution in [0.2, 0.25) is 5.02 Å². The highest BCUT2D eigenvalue weighted by atomic mass is 35.5. The van der Waals surface area contributed by atoms with E-state index in [1.54, 1.807) is 21.0 Å². The fourth-order valence-corrected chi connectivity index (χ4v) is 4.36. The molecule has 8 nitrogen and oxygen atoms in total. The Kier molecular flexibility index (Phi) is 9.87. The van der Waals surface area contributed by atoms with Crippen molar-refractivity contribution in [2.75, 3.05) is 32.5 Å². The van der Waals surface area contributed by atoms with Gasteiger partial charge in [0.1, 0.15) is 17.4 Å². The number of likely N-dealkylation sites (N-methyl/N-ethyl adjacent to an activating group) is 1. The van der Waals surface area contributed by atoms with Crippen LogP contribution >= 0.6 is 11.6 Å². The Morgan fingerprint density at radius 2 is 1.73 bits per heavy atom. The van der Waals surface area contributed by atoms with Crippen molar-refractivity contribution < 1.29 is 36.3 Å². The zero-order valence-corrected chi connectivity index (χ0v) is 23.3. The number of hydrogen-bond acceptors (Lipinski definition) is 5. The van der Waals surface area contributed by atoms with Gasteiger partial charge in [0.15, 0.2) is 5.82 Å². The summed E-state index contributed by atoms with van der Waals surface area (Å²) in [4.78, 5) is 44.5. The van der Waals surface area contributed by atoms with E-state index in [0.717, 1.165) is 12.1 Å². The Morgan fingerprint density at radius 1 is 1.05 bits per heavy atom. The molecular formula is C27H27ClF5N5O3. The highest BCUT2D eigenvalue weighted by Crippen LogP contribution is 2.36. The number of aromatic nitrogens is 2. The van der Waals surface area contributed by atoms with Crippen molar-refractivity contribution in [1.82, 2.24) is 19.8 Å². The van der Waals surface area contributed by atoms with Crippen molar-refractivity contribution in [2.24, 2.45) is 0 Å². The van der Waals surface area contributed by atoms with Crippen LogP contribution in [0.3, 0.4) is 0 Å². The van der Waals surface area contributed by atoms with Crippen LogP contribution in [0.4, 0.5) is 27.8 Å². The van der Waals surface area contributed by atoms with Gasteiger partial charge in [-0.05, 0) is 63.0 Å². The number of ketones is 1. The lowest BCUT2D eigenvalue weighted by atomic mass is 9.96. The highest BCUT2D eigenvalue weighted by molar-refractivity contribution is 6.31. The van der Waals surface area contributed by atoms with Gasteiger partial charge in [-0.3, -0.25) is 14.4 Å². The summed E-state index contributed by atoms with van der Waals surface area (Å²) < 4.78 is 69.2. The molecule has 0 spiro atoms. The molecule has 3 rings (SSSR count). The first-order valence-corrected chi connectivity index (χ1v) is 12.6. The SMILES string of the molecule is CC(=O)Cn1c(C(=O)NCCN(C)C)nc(NC(=O)c2cc(F)cc(C(F)(F)F)c2)c1[C@@H](C)c1cc(F)ccc1Cl. The Morgan fingerprint density at radius 3 is 2.34 bits per heavy atom. The largest absolute Gasteiger partial charge is 0.416 e. The van der Waals surface area contributed by atoms with E-state index in [4.69, 9.17) is 11.6 Å². The molecule has 0 aliphatic heterocycles. The molecule has 2 amide bonds. The Balaban J connectivity index is 2.17. The van der Waals surface area contributed by atoms with Crippen LogP contribution in [-0.2, 0) is 17.5 Å². The van der Waals surface area contributed by atoms with E-state index >= 15 is 0 Å². The normalized spacial score (nSPS) is 12.4. The quantitative estimate of drug-likeness (QED) is 0.316. The minimum absolute atomic E-state index is 0.0475. The third-order valence-electron chi connectivity index (χ3n) is 5.99. The second-order valence-corrected chi connectivity index (χ2v) is 9.99. The topological polar surface area (TPSA) is 96.3 Å². The average molecular weight is 600 g/mol. The molecule has 0 bridgehead atoms. The van der Waals surface area contributed by atoms with Crippen molar-refractivity contribution in [3.63, 3.8) is 0 Å².